The maximum Gasteiger partial charge on any atom is 0.284 e. The molecule has 0 aliphatic carbocycles. The van der Waals surface area contributed by atoms with Crippen LogP contribution < -0.4 is 5.32 Å². The molecular weight excluding hydrogens is 356 g/mol. The summed E-state index contributed by atoms with van der Waals surface area (Å²) < 4.78 is 0.638. The summed E-state index contributed by atoms with van der Waals surface area (Å²) >= 11 is 4.57. The lowest BCUT2D eigenvalue weighted by Gasteiger charge is -2.10. The van der Waals surface area contributed by atoms with Gasteiger partial charge in [0.15, 0.2) is 0 Å². The van der Waals surface area contributed by atoms with Crippen molar-refractivity contribution in [3.8, 4) is 0 Å². The molecule has 5 nitrogen and oxygen atoms in total. The normalized spacial score (nSPS) is 10.2. The number of benzene rings is 2. The quantitative estimate of drug-likeness (QED) is 0.639. The number of nitro benzene ring substituents is 1. The van der Waals surface area contributed by atoms with Crippen molar-refractivity contribution < 1.29 is 9.72 Å². The minimum Gasteiger partial charge on any atom is -0.325 e. The van der Waals surface area contributed by atoms with Gasteiger partial charge in [-0.25, -0.2) is 0 Å². The fourth-order valence-corrected chi connectivity index (χ4v) is 3.31. The van der Waals surface area contributed by atoms with Crippen LogP contribution in [0, 0.1) is 10.1 Å². The van der Waals surface area contributed by atoms with Gasteiger partial charge in [0, 0.05) is 22.4 Å². The van der Waals surface area contributed by atoms with Gasteiger partial charge < -0.3 is 5.32 Å². The molecule has 0 unspecified atom stereocenters. The minimum absolute atomic E-state index is 0.0204. The molecule has 0 aliphatic heterocycles. The molecule has 0 aromatic heterocycles. The Morgan fingerprint density at radius 3 is 2.62 bits per heavy atom. The third-order valence-corrected chi connectivity index (χ3v) is 4.69. The average molecular weight is 367 g/mol. The van der Waals surface area contributed by atoms with E-state index in [0.717, 1.165) is 4.90 Å². The van der Waals surface area contributed by atoms with Crippen molar-refractivity contribution in [3.05, 3.63) is 57.1 Å². The summed E-state index contributed by atoms with van der Waals surface area (Å²) in [4.78, 5) is 23.2. The first-order valence-electron chi connectivity index (χ1n) is 5.96. The highest BCUT2D eigenvalue weighted by Gasteiger charge is 2.18. The summed E-state index contributed by atoms with van der Waals surface area (Å²) in [5.74, 6) is -0.190. The molecule has 0 spiro atoms. The first-order chi connectivity index (χ1) is 9.99. The minimum atomic E-state index is -0.423. The Labute approximate surface area is 134 Å². The van der Waals surface area contributed by atoms with Crippen molar-refractivity contribution in [2.24, 2.45) is 0 Å². The predicted octanol–water partition coefficient (Wildman–Crippen LogP) is 4.47. The molecule has 0 radical (unpaired) electrons. The fourth-order valence-electron chi connectivity index (χ4n) is 1.70. The third-order valence-electron chi connectivity index (χ3n) is 2.55. The second-order valence-electron chi connectivity index (χ2n) is 4.12. The van der Waals surface area contributed by atoms with Crippen LogP contribution >= 0.6 is 27.7 Å². The molecule has 0 saturated carbocycles. The highest BCUT2D eigenvalue weighted by molar-refractivity contribution is 9.10. The molecule has 7 heteroatoms. The number of rotatable bonds is 4. The third kappa shape index (κ3) is 3.83. The number of hydrogen-bond donors (Lipinski definition) is 1. The number of halogens is 1. The van der Waals surface area contributed by atoms with Gasteiger partial charge >= 0.3 is 0 Å². The Bertz CT molecular complexity index is 706. The number of amides is 1. The lowest BCUT2D eigenvalue weighted by atomic mass is 10.3. The Morgan fingerprint density at radius 2 is 1.95 bits per heavy atom. The van der Waals surface area contributed by atoms with E-state index in [1.807, 2.05) is 6.07 Å². The van der Waals surface area contributed by atoms with Gasteiger partial charge in [-0.3, -0.25) is 14.9 Å². The van der Waals surface area contributed by atoms with E-state index in [1.165, 1.54) is 24.8 Å². The zero-order valence-electron chi connectivity index (χ0n) is 11.0. The van der Waals surface area contributed by atoms with Crippen molar-refractivity contribution in [1.29, 1.82) is 0 Å². The van der Waals surface area contributed by atoms with Crippen LogP contribution in [0.15, 0.2) is 56.7 Å². The topological polar surface area (TPSA) is 72.2 Å². The Morgan fingerprint density at radius 1 is 1.24 bits per heavy atom. The first kappa shape index (κ1) is 15.5. The molecule has 1 N–H and O–H groups in total. The molecule has 2 aromatic rings. The molecular formula is C14H11BrN2O3S. The molecule has 2 rings (SSSR count). The number of carbonyl (C=O) groups excluding carboxylic acids is 1. The molecule has 0 aliphatic rings. The van der Waals surface area contributed by atoms with Gasteiger partial charge in [-0.05, 0) is 34.1 Å². The van der Waals surface area contributed by atoms with Crippen LogP contribution in [-0.4, -0.2) is 10.8 Å². The van der Waals surface area contributed by atoms with E-state index < -0.39 is 4.92 Å². The number of nitro groups is 1. The van der Waals surface area contributed by atoms with E-state index in [2.05, 4.69) is 21.2 Å². The van der Waals surface area contributed by atoms with Crippen LogP contribution in [0.3, 0.4) is 0 Å². The summed E-state index contributed by atoms with van der Waals surface area (Å²) in [6.45, 7) is 1.42. The van der Waals surface area contributed by atoms with E-state index >= 15 is 0 Å². The van der Waals surface area contributed by atoms with Gasteiger partial charge in [-0.2, -0.15) is 0 Å². The SMILES string of the molecule is CC(=O)Nc1ccccc1Sc1c(Br)cccc1[N+](=O)[O-]. The molecule has 108 valence electrons. The number of nitrogens with zero attached hydrogens (tertiary/aromatic N) is 1. The highest BCUT2D eigenvalue weighted by Crippen LogP contribution is 2.42. The van der Waals surface area contributed by atoms with Crippen molar-refractivity contribution >= 4 is 45.0 Å². The van der Waals surface area contributed by atoms with Crippen LogP contribution in [0.4, 0.5) is 11.4 Å². The molecule has 0 fully saturated rings. The predicted molar refractivity (Wildman–Crippen MR) is 85.7 cm³/mol. The second kappa shape index (κ2) is 6.73. The molecule has 2 aromatic carbocycles. The molecule has 0 atom stereocenters. The maximum atomic E-state index is 11.2. The van der Waals surface area contributed by atoms with Crippen molar-refractivity contribution in [2.75, 3.05) is 5.32 Å². The van der Waals surface area contributed by atoms with Crippen LogP contribution in [0.2, 0.25) is 0 Å². The summed E-state index contributed by atoms with van der Waals surface area (Å²) in [5.41, 5.74) is 0.645. The Balaban J connectivity index is 2.44. The summed E-state index contributed by atoms with van der Waals surface area (Å²) in [7, 11) is 0. The number of hydrogen-bond acceptors (Lipinski definition) is 4. The summed E-state index contributed by atoms with van der Waals surface area (Å²) in [6.07, 6.45) is 0. The molecule has 0 saturated heterocycles. The number of nitrogens with one attached hydrogen (secondary N) is 1. The van der Waals surface area contributed by atoms with Crippen molar-refractivity contribution in [3.63, 3.8) is 0 Å². The highest BCUT2D eigenvalue weighted by atomic mass is 79.9. The first-order valence-corrected chi connectivity index (χ1v) is 7.57. The summed E-state index contributed by atoms with van der Waals surface area (Å²) in [6, 6.07) is 12.0. The van der Waals surface area contributed by atoms with Crippen LogP contribution in [-0.2, 0) is 4.79 Å². The van der Waals surface area contributed by atoms with E-state index in [1.54, 1.807) is 30.3 Å². The van der Waals surface area contributed by atoms with E-state index in [0.29, 0.717) is 15.1 Å². The monoisotopic (exact) mass is 366 g/mol. The van der Waals surface area contributed by atoms with Crippen LogP contribution in [0.1, 0.15) is 6.92 Å². The van der Waals surface area contributed by atoms with Gasteiger partial charge in [0.25, 0.3) is 5.69 Å². The van der Waals surface area contributed by atoms with Gasteiger partial charge in [0.05, 0.1) is 10.6 Å². The van der Waals surface area contributed by atoms with Crippen LogP contribution in [0.5, 0.6) is 0 Å². The summed E-state index contributed by atoms with van der Waals surface area (Å²) in [5, 5.41) is 13.8. The number of para-hydroxylation sites is 1. The number of anilines is 1. The second-order valence-corrected chi connectivity index (χ2v) is 6.03. The lowest BCUT2D eigenvalue weighted by molar-refractivity contribution is -0.387. The van der Waals surface area contributed by atoms with Crippen molar-refractivity contribution in [1.82, 2.24) is 0 Å². The molecule has 0 heterocycles. The fraction of sp³-hybridized carbons (Fsp3) is 0.0714. The number of carbonyl (C=O) groups is 1. The zero-order chi connectivity index (χ0) is 15.4. The molecule has 0 bridgehead atoms. The van der Waals surface area contributed by atoms with Gasteiger partial charge in [-0.1, -0.05) is 30.0 Å². The molecule has 21 heavy (non-hydrogen) atoms. The van der Waals surface area contributed by atoms with E-state index in [-0.39, 0.29) is 11.6 Å². The maximum absolute atomic E-state index is 11.2. The lowest BCUT2D eigenvalue weighted by Crippen LogP contribution is -2.06. The Kier molecular flexibility index (Phi) is 4.98. The average Bonchev–Trinajstić information content (AvgIpc) is 2.42. The van der Waals surface area contributed by atoms with Gasteiger partial charge in [-0.15, -0.1) is 0 Å². The molecule has 1 amide bonds. The van der Waals surface area contributed by atoms with Gasteiger partial charge in [0.2, 0.25) is 5.91 Å². The van der Waals surface area contributed by atoms with Crippen LogP contribution in [0.25, 0.3) is 0 Å². The van der Waals surface area contributed by atoms with E-state index in [4.69, 9.17) is 0 Å². The largest absolute Gasteiger partial charge is 0.325 e. The standard InChI is InChI=1S/C14H11BrN2O3S/c1-9(18)16-11-6-2-3-8-13(11)21-14-10(15)5-4-7-12(14)17(19)20/h2-8H,1H3,(H,16,18). The van der Waals surface area contributed by atoms with Crippen molar-refractivity contribution in [2.45, 2.75) is 16.7 Å². The smallest absolute Gasteiger partial charge is 0.284 e. The van der Waals surface area contributed by atoms with Gasteiger partial charge in [0.1, 0.15) is 4.90 Å². The zero-order valence-corrected chi connectivity index (χ0v) is 13.4. The Hall–Kier alpha value is -1.86. The van der Waals surface area contributed by atoms with E-state index in [9.17, 15) is 14.9 Å².